The summed E-state index contributed by atoms with van der Waals surface area (Å²) in [7, 11) is 0. The van der Waals surface area contributed by atoms with Crippen LogP contribution in [-0.2, 0) is 4.79 Å². The van der Waals surface area contributed by atoms with Crippen LogP contribution in [0.1, 0.15) is 46.4 Å². The first-order valence-corrected chi connectivity index (χ1v) is 7.05. The fourth-order valence-electron chi connectivity index (χ4n) is 2.99. The van der Waals surface area contributed by atoms with Gasteiger partial charge in [-0.05, 0) is 24.8 Å². The van der Waals surface area contributed by atoms with Crippen molar-refractivity contribution < 1.29 is 24.6 Å². The Morgan fingerprint density at radius 2 is 1.68 bits per heavy atom. The Morgan fingerprint density at radius 1 is 1.05 bits per heavy atom. The molecule has 0 unspecified atom stereocenters. The van der Waals surface area contributed by atoms with Crippen LogP contribution in [-0.4, -0.2) is 27.7 Å². The number of hydrogen-bond donors (Lipinski definition) is 2. The molecular weight excluding hydrogens is 284 g/mol. The van der Waals surface area contributed by atoms with Gasteiger partial charge in [-0.3, -0.25) is 14.4 Å². The lowest BCUT2D eigenvalue weighted by Crippen LogP contribution is -2.26. The highest BCUT2D eigenvalue weighted by Gasteiger charge is 2.36. The molecular formula is C17H14O5. The zero-order valence-corrected chi connectivity index (χ0v) is 11.8. The number of fused-ring (bicyclic) bond motifs is 1. The summed E-state index contributed by atoms with van der Waals surface area (Å²) >= 11 is 0. The van der Waals surface area contributed by atoms with Gasteiger partial charge < -0.3 is 10.2 Å². The third-order valence-electron chi connectivity index (χ3n) is 4.11. The van der Waals surface area contributed by atoms with Gasteiger partial charge in [0, 0.05) is 23.1 Å². The third kappa shape index (κ3) is 2.15. The number of hydrogen-bond acceptors (Lipinski definition) is 4. The topological polar surface area (TPSA) is 91.7 Å². The van der Waals surface area contributed by atoms with Gasteiger partial charge in [-0.15, -0.1) is 0 Å². The summed E-state index contributed by atoms with van der Waals surface area (Å²) in [6, 6.07) is 6.55. The largest absolute Gasteiger partial charge is 0.507 e. The number of aliphatic hydroxyl groups is 1. The van der Waals surface area contributed by atoms with Crippen LogP contribution in [0.4, 0.5) is 0 Å². The summed E-state index contributed by atoms with van der Waals surface area (Å²) in [5.41, 5.74) is 1.57. The summed E-state index contributed by atoms with van der Waals surface area (Å²) in [5, 5.41) is 19.1. The fraction of sp³-hybridized carbons (Fsp3) is 0.235. The summed E-state index contributed by atoms with van der Waals surface area (Å²) in [4.78, 5) is 35.7. The lowest BCUT2D eigenvalue weighted by Gasteiger charge is -2.26. The summed E-state index contributed by atoms with van der Waals surface area (Å²) < 4.78 is 0. The first kappa shape index (κ1) is 14.3. The molecule has 3 rings (SSSR count). The fourth-order valence-corrected chi connectivity index (χ4v) is 2.99. The number of carbonyl (C=O) groups is 3. The molecule has 5 heteroatoms. The number of Topliss-reactive ketones (excluding diaryl/α,β-unsaturated/α-hetero) is 2. The number of carboxylic acid groups (broad SMARTS) is 1. The van der Waals surface area contributed by atoms with Crippen LogP contribution in [0.5, 0.6) is 0 Å². The highest BCUT2D eigenvalue weighted by Crippen LogP contribution is 2.38. The van der Waals surface area contributed by atoms with Crippen LogP contribution in [0.25, 0.3) is 0 Å². The Kier molecular flexibility index (Phi) is 3.41. The molecule has 1 aromatic rings. The van der Waals surface area contributed by atoms with Crippen molar-refractivity contribution >= 4 is 17.5 Å². The lowest BCUT2D eigenvalue weighted by molar-refractivity contribution is -0.136. The van der Waals surface area contributed by atoms with Crippen molar-refractivity contribution in [1.82, 2.24) is 0 Å². The van der Waals surface area contributed by atoms with Gasteiger partial charge in [0.2, 0.25) is 0 Å². The molecule has 22 heavy (non-hydrogen) atoms. The van der Waals surface area contributed by atoms with Crippen molar-refractivity contribution in [2.24, 2.45) is 0 Å². The van der Waals surface area contributed by atoms with Crippen LogP contribution in [0, 0.1) is 0 Å². The van der Waals surface area contributed by atoms with E-state index in [1.807, 2.05) is 0 Å². The van der Waals surface area contributed by atoms with E-state index in [9.17, 15) is 19.5 Å². The Balaban J connectivity index is 2.06. The molecule has 0 heterocycles. The van der Waals surface area contributed by atoms with E-state index in [2.05, 4.69) is 0 Å². The quantitative estimate of drug-likeness (QED) is 0.895. The van der Waals surface area contributed by atoms with E-state index in [0.29, 0.717) is 29.6 Å². The van der Waals surface area contributed by atoms with Crippen molar-refractivity contribution in [3.8, 4) is 0 Å². The van der Waals surface area contributed by atoms with Gasteiger partial charge in [0.1, 0.15) is 5.76 Å². The number of allylic oxidation sites excluding steroid dienone is 3. The molecule has 5 nitrogen and oxygen atoms in total. The average Bonchev–Trinajstić information content (AvgIpc) is 2.51. The van der Waals surface area contributed by atoms with Crippen molar-refractivity contribution in [2.75, 3.05) is 0 Å². The lowest BCUT2D eigenvalue weighted by atomic mass is 9.77. The molecule has 0 saturated heterocycles. The van der Waals surface area contributed by atoms with Gasteiger partial charge >= 0.3 is 5.97 Å². The van der Waals surface area contributed by atoms with Crippen molar-refractivity contribution in [3.63, 3.8) is 0 Å². The molecule has 112 valence electrons. The van der Waals surface area contributed by atoms with Gasteiger partial charge in [-0.1, -0.05) is 24.3 Å². The van der Waals surface area contributed by atoms with Gasteiger partial charge in [0.25, 0.3) is 0 Å². The third-order valence-corrected chi connectivity index (χ3v) is 4.11. The van der Waals surface area contributed by atoms with E-state index in [-0.39, 0.29) is 41.3 Å². The number of benzene rings is 1. The molecule has 0 radical (unpaired) electrons. The maximum absolute atomic E-state index is 12.6. The number of aliphatic hydroxyl groups excluding tert-OH is 1. The van der Waals surface area contributed by atoms with Gasteiger partial charge in [-0.25, -0.2) is 0 Å². The predicted molar refractivity (Wildman–Crippen MR) is 77.9 cm³/mol. The van der Waals surface area contributed by atoms with E-state index in [1.54, 1.807) is 24.3 Å². The Labute approximate surface area is 126 Å². The number of aliphatic carboxylic acids is 1. The van der Waals surface area contributed by atoms with Crippen LogP contribution in [0.2, 0.25) is 0 Å². The van der Waals surface area contributed by atoms with E-state index in [4.69, 9.17) is 5.11 Å². The molecule has 1 aromatic carbocycles. The van der Waals surface area contributed by atoms with Gasteiger partial charge in [0.15, 0.2) is 11.6 Å². The first-order chi connectivity index (χ1) is 10.5. The standard InChI is InChI=1S/C17H14O5/c18-13(19)8-6-9-5-7-12-14(15(9)20)17(22)11-4-2-1-3-10(11)16(12)21/h1-4,20H,5-8H2,(H,18,19). The second-order valence-electron chi connectivity index (χ2n) is 5.40. The van der Waals surface area contributed by atoms with Gasteiger partial charge in [-0.2, -0.15) is 0 Å². The molecule has 0 amide bonds. The maximum Gasteiger partial charge on any atom is 0.303 e. The zero-order chi connectivity index (χ0) is 15.9. The Bertz CT molecular complexity index is 767. The first-order valence-electron chi connectivity index (χ1n) is 7.05. The molecule has 0 aliphatic heterocycles. The number of carbonyl (C=O) groups excluding carboxylic acids is 2. The van der Waals surface area contributed by atoms with E-state index in [0.717, 1.165) is 0 Å². The van der Waals surface area contributed by atoms with Crippen LogP contribution in [0.15, 0.2) is 46.7 Å². The second-order valence-corrected chi connectivity index (χ2v) is 5.40. The average molecular weight is 298 g/mol. The van der Waals surface area contributed by atoms with Crippen LogP contribution in [0.3, 0.4) is 0 Å². The minimum atomic E-state index is -0.962. The summed E-state index contributed by atoms with van der Waals surface area (Å²) in [5.74, 6) is -1.77. The maximum atomic E-state index is 12.6. The van der Waals surface area contributed by atoms with Crippen LogP contribution < -0.4 is 0 Å². The highest BCUT2D eigenvalue weighted by atomic mass is 16.4. The number of rotatable bonds is 3. The number of ketones is 2. The smallest absolute Gasteiger partial charge is 0.303 e. The van der Waals surface area contributed by atoms with Crippen molar-refractivity contribution in [3.05, 3.63) is 57.9 Å². The van der Waals surface area contributed by atoms with Crippen molar-refractivity contribution in [2.45, 2.75) is 25.7 Å². The minimum absolute atomic E-state index is 0.0512. The molecule has 0 atom stereocenters. The van der Waals surface area contributed by atoms with Gasteiger partial charge in [0.05, 0.1) is 5.57 Å². The predicted octanol–water partition coefficient (Wildman–Crippen LogP) is 2.83. The normalized spacial score (nSPS) is 17.5. The monoisotopic (exact) mass is 298 g/mol. The van der Waals surface area contributed by atoms with Crippen LogP contribution >= 0.6 is 0 Å². The van der Waals surface area contributed by atoms with E-state index >= 15 is 0 Å². The summed E-state index contributed by atoms with van der Waals surface area (Å²) in [6.45, 7) is 0. The minimum Gasteiger partial charge on any atom is -0.507 e. The molecule has 2 aliphatic carbocycles. The van der Waals surface area contributed by atoms with E-state index < -0.39 is 5.97 Å². The highest BCUT2D eigenvalue weighted by molar-refractivity contribution is 6.28. The molecule has 0 aromatic heterocycles. The molecule has 2 aliphatic rings. The molecule has 0 bridgehead atoms. The number of carboxylic acids is 1. The Morgan fingerprint density at radius 3 is 2.32 bits per heavy atom. The molecule has 2 N–H and O–H groups in total. The molecule has 0 saturated carbocycles. The molecule has 0 spiro atoms. The Hall–Kier alpha value is -2.69. The zero-order valence-electron chi connectivity index (χ0n) is 11.8. The summed E-state index contributed by atoms with van der Waals surface area (Å²) in [6.07, 6.45) is 0.828. The second kappa shape index (κ2) is 5.26. The van der Waals surface area contributed by atoms with Crippen molar-refractivity contribution in [1.29, 1.82) is 0 Å². The molecule has 0 fully saturated rings. The van der Waals surface area contributed by atoms with E-state index in [1.165, 1.54) is 0 Å². The SMILES string of the molecule is O=C(O)CCC1=C(O)C2=C(CC1)C(=O)c1ccccc1C2=O.